The summed E-state index contributed by atoms with van der Waals surface area (Å²) < 4.78 is 5.01. The molecule has 0 aromatic carbocycles. The van der Waals surface area contributed by atoms with Crippen molar-refractivity contribution < 1.29 is 14.3 Å². The van der Waals surface area contributed by atoms with E-state index in [9.17, 15) is 9.59 Å². The third kappa shape index (κ3) is 5.04. The van der Waals surface area contributed by atoms with Crippen molar-refractivity contribution in [2.24, 2.45) is 0 Å². The van der Waals surface area contributed by atoms with Crippen LogP contribution >= 0.6 is 0 Å². The Morgan fingerprint density at radius 2 is 1.88 bits per heavy atom. The number of amides is 2. The number of anilines is 1. The monoisotopic (exact) mass is 349 g/mol. The number of nitrogens with zero attached hydrogens (tertiary/aromatic N) is 5. The molecule has 1 fully saturated rings. The minimum Gasteiger partial charge on any atom is -0.450 e. The summed E-state index contributed by atoms with van der Waals surface area (Å²) in [4.78, 5) is 29.4. The molecule has 0 N–H and O–H groups in total. The molecule has 8 heteroatoms. The number of aromatic nitrogens is 2. The predicted octanol–water partition coefficient (Wildman–Crippen LogP) is 1.63. The van der Waals surface area contributed by atoms with Gasteiger partial charge in [-0.25, -0.2) is 4.79 Å². The highest BCUT2D eigenvalue weighted by molar-refractivity contribution is 5.92. The normalized spacial score (nSPS) is 14.4. The van der Waals surface area contributed by atoms with Crippen molar-refractivity contribution in [2.75, 3.05) is 51.3 Å². The van der Waals surface area contributed by atoms with Crippen molar-refractivity contribution in [1.29, 1.82) is 0 Å². The predicted molar refractivity (Wildman–Crippen MR) is 94.7 cm³/mol. The number of unbranched alkanes of at least 4 members (excludes halogenated alkanes) is 1. The van der Waals surface area contributed by atoms with Gasteiger partial charge in [-0.05, 0) is 25.5 Å². The van der Waals surface area contributed by atoms with Gasteiger partial charge in [0.2, 0.25) is 0 Å². The average Bonchev–Trinajstić information content (AvgIpc) is 2.66. The third-order valence-corrected chi connectivity index (χ3v) is 4.19. The molecule has 0 spiro atoms. The first-order valence-corrected chi connectivity index (χ1v) is 8.82. The number of hydrogen-bond acceptors (Lipinski definition) is 6. The lowest BCUT2D eigenvalue weighted by molar-refractivity contribution is 0.0786. The van der Waals surface area contributed by atoms with Gasteiger partial charge in [-0.2, -0.15) is 0 Å². The summed E-state index contributed by atoms with van der Waals surface area (Å²) in [5, 5.41) is 8.26. The highest BCUT2D eigenvalue weighted by atomic mass is 16.6. The molecule has 2 heterocycles. The van der Waals surface area contributed by atoms with Gasteiger partial charge in [0.1, 0.15) is 0 Å². The lowest BCUT2D eigenvalue weighted by atomic mass is 10.3. The van der Waals surface area contributed by atoms with E-state index in [-0.39, 0.29) is 12.0 Å². The number of carbonyl (C=O) groups is 2. The van der Waals surface area contributed by atoms with Crippen LogP contribution in [0.15, 0.2) is 12.1 Å². The van der Waals surface area contributed by atoms with E-state index in [2.05, 4.69) is 22.0 Å². The molecule has 0 bridgehead atoms. The number of hydrogen-bond donors (Lipinski definition) is 0. The van der Waals surface area contributed by atoms with Crippen molar-refractivity contribution in [1.82, 2.24) is 20.0 Å². The van der Waals surface area contributed by atoms with Crippen molar-refractivity contribution in [3.63, 3.8) is 0 Å². The van der Waals surface area contributed by atoms with Gasteiger partial charge in [0.25, 0.3) is 5.91 Å². The van der Waals surface area contributed by atoms with Crippen molar-refractivity contribution in [3.05, 3.63) is 17.8 Å². The number of carbonyl (C=O) groups excluding carboxylic acids is 2. The lowest BCUT2D eigenvalue weighted by Gasteiger charge is -2.34. The first kappa shape index (κ1) is 19.0. The number of piperazine rings is 1. The Bertz CT molecular complexity index is 570. The second kappa shape index (κ2) is 9.19. The Morgan fingerprint density at radius 1 is 1.16 bits per heavy atom. The minimum atomic E-state index is -0.274. The summed E-state index contributed by atoms with van der Waals surface area (Å²) in [7, 11) is 1.78. The summed E-state index contributed by atoms with van der Waals surface area (Å²) in [6, 6.07) is 3.53. The zero-order valence-corrected chi connectivity index (χ0v) is 15.3. The minimum absolute atomic E-state index is 0.111. The summed E-state index contributed by atoms with van der Waals surface area (Å²) in [6.07, 6.45) is 1.74. The quantitative estimate of drug-likeness (QED) is 0.777. The summed E-state index contributed by atoms with van der Waals surface area (Å²) in [5.41, 5.74) is 0.354. The molecule has 8 nitrogen and oxygen atoms in total. The van der Waals surface area contributed by atoms with Crippen molar-refractivity contribution in [3.8, 4) is 0 Å². The SMILES string of the molecule is CCCCN(C)C(=O)c1ccc(N2CCN(C(=O)OCC)CC2)nn1. The van der Waals surface area contributed by atoms with Crippen LogP contribution in [-0.2, 0) is 4.74 Å². The first-order valence-electron chi connectivity index (χ1n) is 8.82. The van der Waals surface area contributed by atoms with Crippen LogP contribution in [0.1, 0.15) is 37.2 Å². The van der Waals surface area contributed by atoms with Crippen LogP contribution in [0, 0.1) is 0 Å². The van der Waals surface area contributed by atoms with Gasteiger partial charge in [-0.1, -0.05) is 13.3 Å². The second-order valence-electron chi connectivity index (χ2n) is 6.03. The van der Waals surface area contributed by atoms with Gasteiger partial charge in [-0.3, -0.25) is 4.79 Å². The maximum Gasteiger partial charge on any atom is 0.409 e. The van der Waals surface area contributed by atoms with Crippen LogP contribution in [0.5, 0.6) is 0 Å². The van der Waals surface area contributed by atoms with Gasteiger partial charge in [0, 0.05) is 39.8 Å². The highest BCUT2D eigenvalue weighted by Gasteiger charge is 2.23. The molecule has 25 heavy (non-hydrogen) atoms. The molecule has 0 saturated carbocycles. The molecule has 0 aliphatic carbocycles. The largest absolute Gasteiger partial charge is 0.450 e. The fourth-order valence-electron chi connectivity index (χ4n) is 2.63. The summed E-state index contributed by atoms with van der Waals surface area (Å²) >= 11 is 0. The molecule has 0 unspecified atom stereocenters. The molecule has 1 saturated heterocycles. The molecule has 1 aliphatic rings. The maximum atomic E-state index is 12.3. The second-order valence-corrected chi connectivity index (χ2v) is 6.03. The zero-order chi connectivity index (χ0) is 18.2. The summed E-state index contributed by atoms with van der Waals surface area (Å²) in [6.45, 7) is 7.48. The summed E-state index contributed by atoms with van der Waals surface area (Å²) in [5.74, 6) is 0.607. The lowest BCUT2D eigenvalue weighted by Crippen LogP contribution is -2.49. The van der Waals surface area contributed by atoms with Gasteiger partial charge in [0.05, 0.1) is 6.61 Å². The highest BCUT2D eigenvalue weighted by Crippen LogP contribution is 2.14. The number of ether oxygens (including phenoxy) is 1. The molecule has 1 aromatic rings. The average molecular weight is 349 g/mol. The van der Waals surface area contributed by atoms with Crippen LogP contribution in [0.2, 0.25) is 0 Å². The van der Waals surface area contributed by atoms with Crippen molar-refractivity contribution in [2.45, 2.75) is 26.7 Å². The molecular formula is C17H27N5O3. The molecule has 138 valence electrons. The zero-order valence-electron chi connectivity index (χ0n) is 15.3. The fraction of sp³-hybridized carbons (Fsp3) is 0.647. The Kier molecular flexibility index (Phi) is 6.97. The Hall–Kier alpha value is -2.38. The van der Waals surface area contributed by atoms with E-state index in [0.29, 0.717) is 45.0 Å². The van der Waals surface area contributed by atoms with E-state index < -0.39 is 0 Å². The molecule has 0 radical (unpaired) electrons. The Balaban J connectivity index is 1.90. The van der Waals surface area contributed by atoms with Crippen LogP contribution in [-0.4, -0.2) is 78.4 Å². The molecular weight excluding hydrogens is 322 g/mol. The molecule has 2 amide bonds. The van der Waals surface area contributed by atoms with Crippen molar-refractivity contribution >= 4 is 17.8 Å². The smallest absolute Gasteiger partial charge is 0.409 e. The van der Waals surface area contributed by atoms with E-state index in [1.807, 2.05) is 6.07 Å². The van der Waals surface area contributed by atoms with Crippen LogP contribution in [0.3, 0.4) is 0 Å². The van der Waals surface area contributed by atoms with E-state index >= 15 is 0 Å². The van der Waals surface area contributed by atoms with Gasteiger partial charge in [0.15, 0.2) is 11.5 Å². The van der Waals surface area contributed by atoms with Crippen LogP contribution in [0.25, 0.3) is 0 Å². The van der Waals surface area contributed by atoms with Gasteiger partial charge < -0.3 is 19.4 Å². The van der Waals surface area contributed by atoms with Crippen LogP contribution in [0.4, 0.5) is 10.6 Å². The topological polar surface area (TPSA) is 78.9 Å². The first-order chi connectivity index (χ1) is 12.1. The van der Waals surface area contributed by atoms with E-state index in [4.69, 9.17) is 4.74 Å². The van der Waals surface area contributed by atoms with E-state index in [1.165, 1.54) is 0 Å². The fourth-order valence-corrected chi connectivity index (χ4v) is 2.63. The van der Waals surface area contributed by atoms with Gasteiger partial charge in [-0.15, -0.1) is 10.2 Å². The molecule has 2 rings (SSSR count). The van der Waals surface area contributed by atoms with E-state index in [1.54, 1.807) is 29.8 Å². The number of rotatable bonds is 6. The Morgan fingerprint density at radius 3 is 2.44 bits per heavy atom. The Labute approximate surface area is 148 Å². The molecule has 0 atom stereocenters. The molecule has 1 aliphatic heterocycles. The maximum absolute atomic E-state index is 12.3. The van der Waals surface area contributed by atoms with E-state index in [0.717, 1.165) is 18.7 Å². The standard InChI is InChI=1S/C17H27N5O3/c1-4-6-9-20(3)16(23)14-7-8-15(19-18-14)21-10-12-22(13-11-21)17(24)25-5-2/h7-8H,4-6,9-13H2,1-3H3. The van der Waals surface area contributed by atoms with Crippen LogP contribution < -0.4 is 4.90 Å². The molecule has 1 aromatic heterocycles. The van der Waals surface area contributed by atoms with Gasteiger partial charge >= 0.3 is 6.09 Å². The third-order valence-electron chi connectivity index (χ3n) is 4.19.